The van der Waals surface area contributed by atoms with Gasteiger partial charge in [0.2, 0.25) is 5.91 Å². The van der Waals surface area contributed by atoms with Crippen LogP contribution in [-0.2, 0) is 37.5 Å². The first kappa shape index (κ1) is 27.9. The Kier molecular flexibility index (Phi) is 7.61. The average Bonchev–Trinajstić information content (AvgIpc) is 3.33. The van der Waals surface area contributed by atoms with E-state index in [-0.39, 0.29) is 44.5 Å². The smallest absolute Gasteiger partial charge is 0.219 e. The van der Waals surface area contributed by atoms with Crippen molar-refractivity contribution in [2.45, 2.75) is 38.6 Å². The minimum Gasteiger partial charge on any atom is -0.382 e. The minimum atomic E-state index is 0. The van der Waals surface area contributed by atoms with Gasteiger partial charge in [0.25, 0.3) is 0 Å². The monoisotopic (exact) mass is 620 g/mol. The quantitative estimate of drug-likeness (QED) is 0.302. The summed E-state index contributed by atoms with van der Waals surface area (Å²) in [7, 11) is 0. The van der Waals surface area contributed by atoms with Gasteiger partial charge >= 0.3 is 0 Å². The number of carbonyl (C=O) groups is 1. The van der Waals surface area contributed by atoms with E-state index in [1.807, 2.05) is 39.7 Å². The molecule has 0 spiro atoms. The number of aryl methyl sites for hydroxylation is 1. The molecule has 0 unspecified atom stereocenters. The van der Waals surface area contributed by atoms with Crippen LogP contribution in [0, 0.1) is 13.0 Å². The molecule has 10 heteroatoms. The van der Waals surface area contributed by atoms with Crippen LogP contribution >= 0.6 is 0 Å². The number of piperazine rings is 1. The van der Waals surface area contributed by atoms with Crippen molar-refractivity contribution in [1.29, 1.82) is 0 Å². The molecule has 9 nitrogen and oxygen atoms in total. The fourth-order valence-corrected chi connectivity index (χ4v) is 6.20. The van der Waals surface area contributed by atoms with E-state index in [9.17, 15) is 4.79 Å². The number of hydrogen-bond acceptors (Lipinski definition) is 7. The van der Waals surface area contributed by atoms with Crippen molar-refractivity contribution in [2.24, 2.45) is 0 Å². The SMILES string of the molecule is CC(=O)N1CCN(C2CC(c3nc(-c4ccc5[c-]cc(-c6ccccc6)nc5c4C)c4c(N)ncnn34)C2)CC1.[Y]. The third-order valence-corrected chi connectivity index (χ3v) is 8.59. The zero-order valence-corrected chi connectivity index (χ0v) is 26.1. The third kappa shape index (κ3) is 4.94. The number of amides is 1. The van der Waals surface area contributed by atoms with Crippen molar-refractivity contribution in [3.63, 3.8) is 0 Å². The van der Waals surface area contributed by atoms with Crippen LogP contribution in [0.1, 0.15) is 37.1 Å². The van der Waals surface area contributed by atoms with Gasteiger partial charge in [-0.25, -0.2) is 14.5 Å². The summed E-state index contributed by atoms with van der Waals surface area (Å²) in [6, 6.07) is 20.1. The predicted molar refractivity (Wildman–Crippen MR) is 155 cm³/mol. The molecule has 1 radical (unpaired) electrons. The van der Waals surface area contributed by atoms with E-state index in [2.05, 4.69) is 46.2 Å². The van der Waals surface area contributed by atoms with Crippen molar-refractivity contribution in [2.75, 3.05) is 31.9 Å². The third-order valence-electron chi connectivity index (χ3n) is 8.59. The fourth-order valence-electron chi connectivity index (χ4n) is 6.20. The number of nitrogen functional groups attached to an aromatic ring is 1. The van der Waals surface area contributed by atoms with E-state index in [4.69, 9.17) is 15.7 Å². The second kappa shape index (κ2) is 11.2. The zero-order chi connectivity index (χ0) is 27.4. The molecule has 1 saturated heterocycles. The van der Waals surface area contributed by atoms with Gasteiger partial charge < -0.3 is 15.6 Å². The number of aromatic nitrogens is 5. The van der Waals surface area contributed by atoms with Gasteiger partial charge in [-0.15, -0.1) is 23.6 Å². The fraction of sp³-hybridized carbons (Fsp3) is 0.323. The number of nitrogens with two attached hydrogens (primary N) is 1. The number of rotatable bonds is 4. The van der Waals surface area contributed by atoms with Crippen molar-refractivity contribution < 1.29 is 37.5 Å². The van der Waals surface area contributed by atoms with Gasteiger partial charge in [0.1, 0.15) is 23.4 Å². The number of anilines is 1. The Morgan fingerprint density at radius 1 is 1.02 bits per heavy atom. The van der Waals surface area contributed by atoms with Crippen LogP contribution in [0.5, 0.6) is 0 Å². The first-order valence-corrected chi connectivity index (χ1v) is 13.8. The molecule has 205 valence electrons. The molecule has 1 amide bonds. The van der Waals surface area contributed by atoms with Crippen LogP contribution in [0.15, 0.2) is 54.9 Å². The predicted octanol–water partition coefficient (Wildman–Crippen LogP) is 4.10. The largest absolute Gasteiger partial charge is 0.382 e. The van der Waals surface area contributed by atoms with Crippen molar-refractivity contribution in [3.8, 4) is 22.5 Å². The molecular weight excluding hydrogens is 589 g/mol. The molecule has 2 aromatic carbocycles. The Balaban J connectivity index is 0.00000302. The van der Waals surface area contributed by atoms with E-state index < -0.39 is 0 Å². The molecule has 4 heterocycles. The van der Waals surface area contributed by atoms with E-state index in [1.54, 1.807) is 6.92 Å². The van der Waals surface area contributed by atoms with Crippen LogP contribution in [0.2, 0.25) is 0 Å². The summed E-state index contributed by atoms with van der Waals surface area (Å²) in [5.41, 5.74) is 12.8. The number of imidazole rings is 1. The number of hydrogen-bond donors (Lipinski definition) is 1. The van der Waals surface area contributed by atoms with Gasteiger partial charge in [0, 0.05) is 77.8 Å². The van der Waals surface area contributed by atoms with Crippen LogP contribution < -0.4 is 5.73 Å². The van der Waals surface area contributed by atoms with Crippen molar-refractivity contribution >= 4 is 28.1 Å². The van der Waals surface area contributed by atoms with Gasteiger partial charge in [0.15, 0.2) is 5.82 Å². The number of benzene rings is 2. The van der Waals surface area contributed by atoms with Gasteiger partial charge in [-0.05, 0) is 42.1 Å². The average molecular weight is 621 g/mol. The van der Waals surface area contributed by atoms with Crippen LogP contribution in [-0.4, -0.2) is 72.5 Å². The normalized spacial score (nSPS) is 19.2. The summed E-state index contributed by atoms with van der Waals surface area (Å²) < 4.78 is 1.88. The number of fused-ring (bicyclic) bond motifs is 2. The van der Waals surface area contributed by atoms with Gasteiger partial charge in [-0.1, -0.05) is 42.0 Å². The van der Waals surface area contributed by atoms with E-state index in [0.717, 1.165) is 89.3 Å². The number of nitrogens with zero attached hydrogens (tertiary/aromatic N) is 7. The van der Waals surface area contributed by atoms with Gasteiger partial charge in [-0.3, -0.25) is 9.69 Å². The van der Waals surface area contributed by atoms with E-state index in [1.165, 1.54) is 6.33 Å². The Labute approximate surface area is 264 Å². The summed E-state index contributed by atoms with van der Waals surface area (Å²) in [5.74, 6) is 1.78. The Morgan fingerprint density at radius 3 is 2.51 bits per heavy atom. The maximum Gasteiger partial charge on any atom is 0.219 e. The maximum atomic E-state index is 11.7. The van der Waals surface area contributed by atoms with Crippen LogP contribution in [0.25, 0.3) is 38.9 Å². The molecule has 3 aromatic heterocycles. The molecule has 0 bridgehead atoms. The van der Waals surface area contributed by atoms with E-state index in [0.29, 0.717) is 11.9 Å². The molecule has 5 aromatic rings. The molecule has 1 saturated carbocycles. The second-order valence-corrected chi connectivity index (χ2v) is 10.9. The molecule has 7 rings (SSSR count). The van der Waals surface area contributed by atoms with Gasteiger partial charge in [0.05, 0.1) is 0 Å². The second-order valence-electron chi connectivity index (χ2n) is 10.9. The first-order chi connectivity index (χ1) is 19.5. The molecular formula is C31H31N8OY-. The summed E-state index contributed by atoms with van der Waals surface area (Å²) in [4.78, 5) is 30.7. The molecule has 2 aliphatic rings. The molecule has 0 atom stereocenters. The Hall–Kier alpha value is -3.27. The van der Waals surface area contributed by atoms with Crippen molar-refractivity contribution in [1.82, 2.24) is 34.4 Å². The summed E-state index contributed by atoms with van der Waals surface area (Å²) >= 11 is 0. The molecule has 1 aliphatic heterocycles. The van der Waals surface area contributed by atoms with Crippen LogP contribution in [0.3, 0.4) is 0 Å². The topological polar surface area (TPSA) is 106 Å². The number of carbonyl (C=O) groups excluding carboxylic acids is 1. The molecule has 2 N–H and O–H groups in total. The summed E-state index contributed by atoms with van der Waals surface area (Å²) in [6.07, 6.45) is 3.52. The maximum absolute atomic E-state index is 11.7. The molecule has 2 fully saturated rings. The zero-order valence-electron chi connectivity index (χ0n) is 23.3. The minimum absolute atomic E-state index is 0. The van der Waals surface area contributed by atoms with Gasteiger partial charge in [-0.2, -0.15) is 5.10 Å². The van der Waals surface area contributed by atoms with Crippen LogP contribution in [0.4, 0.5) is 5.82 Å². The standard InChI is InChI=1S/C31H31N8O.Y/c1-19-25(10-8-22-9-11-26(35-27(19)22)21-6-4-3-5-7-21)28-29-30(32)33-18-34-39(29)31(36-28)23-16-24(17-23)38-14-12-37(13-15-38)20(2)40;/h3-8,10-11,18,23-24H,12-17H2,1-2H3,(H2,32,33,34);/q-1;. The Morgan fingerprint density at radius 2 is 1.78 bits per heavy atom. The number of pyridine rings is 1. The summed E-state index contributed by atoms with van der Waals surface area (Å²) in [5, 5.41) is 5.55. The molecule has 1 aliphatic carbocycles. The van der Waals surface area contributed by atoms with Crippen molar-refractivity contribution in [3.05, 3.63) is 72.3 Å². The molecule has 41 heavy (non-hydrogen) atoms. The summed E-state index contributed by atoms with van der Waals surface area (Å²) in [6.45, 7) is 7.18. The Bertz CT molecular complexity index is 1740. The first-order valence-electron chi connectivity index (χ1n) is 13.8. The van der Waals surface area contributed by atoms with E-state index >= 15 is 0 Å².